The first-order valence-electron chi connectivity index (χ1n) is 12.8. The molecule has 200 valence electrons. The van der Waals surface area contributed by atoms with E-state index in [2.05, 4.69) is 20.3 Å². The lowest BCUT2D eigenvalue weighted by molar-refractivity contribution is 0.0608. The molecule has 0 aliphatic heterocycles. The second-order valence-electron chi connectivity index (χ2n) is 9.72. The predicted molar refractivity (Wildman–Crippen MR) is 145 cm³/mol. The zero-order chi connectivity index (χ0) is 27.4. The van der Waals surface area contributed by atoms with Gasteiger partial charge in [0, 0.05) is 43.0 Å². The van der Waals surface area contributed by atoms with Gasteiger partial charge in [-0.25, -0.2) is 18.7 Å². The van der Waals surface area contributed by atoms with Crippen LogP contribution in [0.25, 0.3) is 11.3 Å². The number of aldehydes is 1. The lowest BCUT2D eigenvalue weighted by atomic mass is 9.71. The number of ether oxygens (including phenoxy) is 1. The van der Waals surface area contributed by atoms with Crippen LogP contribution in [0.3, 0.4) is 0 Å². The molecule has 39 heavy (non-hydrogen) atoms. The summed E-state index contributed by atoms with van der Waals surface area (Å²) in [5.41, 5.74) is 9.18. The normalized spacial score (nSPS) is 20.8. The third-order valence-corrected chi connectivity index (χ3v) is 7.30. The Morgan fingerprint density at radius 2 is 1.92 bits per heavy atom. The number of nitrogens with zero attached hydrogens (tertiary/aromatic N) is 3. The summed E-state index contributed by atoms with van der Waals surface area (Å²) < 4.78 is 36.5. The average molecular weight is 530 g/mol. The van der Waals surface area contributed by atoms with Crippen LogP contribution < -0.4 is 15.8 Å². The first-order valence-corrected chi connectivity index (χ1v) is 12.8. The van der Waals surface area contributed by atoms with Crippen molar-refractivity contribution in [3.05, 3.63) is 102 Å². The van der Waals surface area contributed by atoms with Crippen molar-refractivity contribution < 1.29 is 18.3 Å². The van der Waals surface area contributed by atoms with Crippen LogP contribution in [0.5, 0.6) is 5.88 Å². The highest BCUT2D eigenvalue weighted by molar-refractivity contribution is 5.75. The van der Waals surface area contributed by atoms with Crippen molar-refractivity contribution >= 4 is 12.0 Å². The molecular formula is C30H29F2N5O2. The van der Waals surface area contributed by atoms with Gasteiger partial charge in [-0.1, -0.05) is 18.2 Å². The summed E-state index contributed by atoms with van der Waals surface area (Å²) in [6, 6.07) is 14.1. The van der Waals surface area contributed by atoms with Gasteiger partial charge in [-0.2, -0.15) is 0 Å². The molecule has 1 aromatic carbocycles. The van der Waals surface area contributed by atoms with E-state index in [1.807, 2.05) is 19.2 Å². The molecule has 1 aliphatic rings. The number of nitrogens with two attached hydrogens (primary N) is 1. The summed E-state index contributed by atoms with van der Waals surface area (Å²) in [6.07, 6.45) is 6.98. The molecule has 4 atom stereocenters. The summed E-state index contributed by atoms with van der Waals surface area (Å²) in [5, 5.41) is 3.21. The van der Waals surface area contributed by atoms with E-state index in [-0.39, 0.29) is 34.8 Å². The first-order chi connectivity index (χ1) is 19.0. The number of anilines is 1. The predicted octanol–water partition coefficient (Wildman–Crippen LogP) is 5.18. The second kappa shape index (κ2) is 11.7. The van der Waals surface area contributed by atoms with Gasteiger partial charge in [0.1, 0.15) is 29.1 Å². The standard InChI is InChI=1S/C30H29F2N5O2/c1-34-26-16-35-12-10-22(26)19-14-20(30(25(33)15-19)39-27-7-2-3-11-36-27)13-18-5-4-6-23(31)28(18)29-24(32)9-8-21(17-38)37-29/h2-12,16-17,19-20,25,30,34H,13-15,33H2,1H3. The first kappa shape index (κ1) is 26.4. The number of carbonyl (C=O) groups is 1. The van der Waals surface area contributed by atoms with Crippen molar-refractivity contribution in [2.24, 2.45) is 11.7 Å². The van der Waals surface area contributed by atoms with Crippen LogP contribution in [-0.4, -0.2) is 40.4 Å². The summed E-state index contributed by atoms with van der Waals surface area (Å²) >= 11 is 0. The Hall–Kier alpha value is -4.24. The largest absolute Gasteiger partial charge is 0.472 e. The highest BCUT2D eigenvalue weighted by Gasteiger charge is 2.39. The van der Waals surface area contributed by atoms with E-state index in [1.54, 1.807) is 42.9 Å². The topological polar surface area (TPSA) is 103 Å². The van der Waals surface area contributed by atoms with E-state index in [0.29, 0.717) is 37.0 Å². The third-order valence-electron chi connectivity index (χ3n) is 7.30. The Labute approximate surface area is 225 Å². The maximum Gasteiger partial charge on any atom is 0.213 e. The molecular weight excluding hydrogens is 500 g/mol. The Morgan fingerprint density at radius 1 is 1.05 bits per heavy atom. The Kier molecular flexibility index (Phi) is 7.88. The molecule has 3 aromatic heterocycles. The van der Waals surface area contributed by atoms with Gasteiger partial charge in [0.2, 0.25) is 5.88 Å². The van der Waals surface area contributed by atoms with Crippen molar-refractivity contribution in [1.29, 1.82) is 0 Å². The number of hydrogen-bond donors (Lipinski definition) is 2. The summed E-state index contributed by atoms with van der Waals surface area (Å²) in [5.74, 6) is -0.956. The zero-order valence-corrected chi connectivity index (χ0v) is 21.4. The van der Waals surface area contributed by atoms with Crippen LogP contribution >= 0.6 is 0 Å². The molecule has 4 aromatic rings. The molecule has 0 bridgehead atoms. The van der Waals surface area contributed by atoms with Crippen molar-refractivity contribution in [2.45, 2.75) is 37.3 Å². The number of pyridine rings is 3. The van der Waals surface area contributed by atoms with Crippen LogP contribution in [0.1, 0.15) is 40.4 Å². The van der Waals surface area contributed by atoms with Crippen LogP contribution in [0, 0.1) is 17.6 Å². The smallest absolute Gasteiger partial charge is 0.213 e. The van der Waals surface area contributed by atoms with Crippen LogP contribution in [0.2, 0.25) is 0 Å². The molecule has 1 aliphatic carbocycles. The van der Waals surface area contributed by atoms with E-state index in [4.69, 9.17) is 10.5 Å². The average Bonchev–Trinajstić information content (AvgIpc) is 2.96. The minimum Gasteiger partial charge on any atom is -0.472 e. The van der Waals surface area contributed by atoms with Gasteiger partial charge in [0.15, 0.2) is 6.29 Å². The molecule has 0 amide bonds. The van der Waals surface area contributed by atoms with Crippen molar-refractivity contribution in [2.75, 3.05) is 12.4 Å². The third kappa shape index (κ3) is 5.63. The summed E-state index contributed by atoms with van der Waals surface area (Å²) in [7, 11) is 1.85. The molecule has 0 saturated heterocycles. The fourth-order valence-electron chi connectivity index (χ4n) is 5.56. The molecule has 3 N–H and O–H groups in total. The minimum atomic E-state index is -0.707. The Bertz CT molecular complexity index is 1450. The lowest BCUT2D eigenvalue weighted by Gasteiger charge is -2.41. The number of aromatic nitrogens is 3. The van der Waals surface area contributed by atoms with Gasteiger partial charge < -0.3 is 15.8 Å². The van der Waals surface area contributed by atoms with Crippen LogP contribution in [0.4, 0.5) is 14.5 Å². The maximum absolute atomic E-state index is 15.3. The summed E-state index contributed by atoms with van der Waals surface area (Å²) in [4.78, 5) is 24.0. The zero-order valence-electron chi connectivity index (χ0n) is 21.4. The van der Waals surface area contributed by atoms with Crippen LogP contribution in [-0.2, 0) is 6.42 Å². The molecule has 9 heteroatoms. The van der Waals surface area contributed by atoms with Crippen molar-refractivity contribution in [1.82, 2.24) is 15.0 Å². The second-order valence-corrected chi connectivity index (χ2v) is 9.72. The number of rotatable bonds is 8. The van der Waals surface area contributed by atoms with Crippen molar-refractivity contribution in [3.63, 3.8) is 0 Å². The molecule has 0 spiro atoms. The van der Waals surface area contributed by atoms with Gasteiger partial charge in [0.05, 0.1) is 11.9 Å². The van der Waals surface area contributed by atoms with Gasteiger partial charge in [-0.3, -0.25) is 9.78 Å². The number of halogens is 2. The maximum atomic E-state index is 15.3. The van der Waals surface area contributed by atoms with Crippen molar-refractivity contribution in [3.8, 4) is 17.1 Å². The Morgan fingerprint density at radius 3 is 2.69 bits per heavy atom. The molecule has 4 unspecified atom stereocenters. The molecule has 0 radical (unpaired) electrons. The number of hydrogen-bond acceptors (Lipinski definition) is 7. The highest BCUT2D eigenvalue weighted by atomic mass is 19.1. The van der Waals surface area contributed by atoms with Gasteiger partial charge >= 0.3 is 0 Å². The van der Waals surface area contributed by atoms with E-state index < -0.39 is 17.7 Å². The monoisotopic (exact) mass is 529 g/mol. The minimum absolute atomic E-state index is 0.0222. The van der Waals surface area contributed by atoms with Crippen LogP contribution in [0.15, 0.2) is 73.2 Å². The SMILES string of the molecule is CNc1cnccc1C1CC(N)C(Oc2ccccn2)C(Cc2cccc(F)c2-c2nc(C=O)ccc2F)C1. The lowest BCUT2D eigenvalue weighted by Crippen LogP contribution is -2.49. The number of carbonyl (C=O) groups excluding carboxylic acids is 1. The quantitative estimate of drug-likeness (QED) is 0.303. The fourth-order valence-corrected chi connectivity index (χ4v) is 5.56. The number of benzene rings is 1. The van der Waals surface area contributed by atoms with E-state index >= 15 is 4.39 Å². The molecule has 5 rings (SSSR count). The summed E-state index contributed by atoms with van der Waals surface area (Å²) in [6.45, 7) is 0. The van der Waals surface area contributed by atoms with Gasteiger partial charge in [-0.15, -0.1) is 0 Å². The van der Waals surface area contributed by atoms with E-state index in [1.165, 1.54) is 12.1 Å². The van der Waals surface area contributed by atoms with Gasteiger partial charge in [-0.05, 0) is 66.6 Å². The van der Waals surface area contributed by atoms with E-state index in [0.717, 1.165) is 17.3 Å². The van der Waals surface area contributed by atoms with Gasteiger partial charge in [0.25, 0.3) is 0 Å². The molecule has 1 saturated carbocycles. The molecule has 3 heterocycles. The number of nitrogens with one attached hydrogen (secondary N) is 1. The molecule has 7 nitrogen and oxygen atoms in total. The molecule has 1 fully saturated rings. The fraction of sp³-hybridized carbons (Fsp3) is 0.267. The highest BCUT2D eigenvalue weighted by Crippen LogP contribution is 2.42. The van der Waals surface area contributed by atoms with E-state index in [9.17, 15) is 9.18 Å². The Balaban J connectivity index is 1.55.